The van der Waals surface area contributed by atoms with Crippen molar-refractivity contribution in [3.05, 3.63) is 34.9 Å². The van der Waals surface area contributed by atoms with Crippen molar-refractivity contribution in [2.45, 2.75) is 69.7 Å². The lowest BCUT2D eigenvalue weighted by Crippen LogP contribution is -2.58. The molecule has 0 spiro atoms. The maximum absolute atomic E-state index is 13.0. The van der Waals surface area contributed by atoms with Gasteiger partial charge < -0.3 is 10.2 Å². The lowest BCUT2D eigenvalue weighted by molar-refractivity contribution is -0.127. The summed E-state index contributed by atoms with van der Waals surface area (Å²) in [6.07, 6.45) is 11.7. The van der Waals surface area contributed by atoms with E-state index >= 15 is 0 Å². The van der Waals surface area contributed by atoms with Gasteiger partial charge in [-0.15, -0.1) is 0 Å². The van der Waals surface area contributed by atoms with E-state index in [0.717, 1.165) is 19.4 Å². The molecule has 3 aliphatic rings. The van der Waals surface area contributed by atoms with E-state index in [-0.39, 0.29) is 23.3 Å². The van der Waals surface area contributed by atoms with Gasteiger partial charge in [-0.1, -0.05) is 37.3 Å². The van der Waals surface area contributed by atoms with Gasteiger partial charge in [0.15, 0.2) is 0 Å². The molecule has 5 nitrogen and oxygen atoms in total. The number of amides is 2. The number of carbonyl (C=O) groups is 2. The lowest BCUT2D eigenvalue weighted by Gasteiger charge is -2.48. The minimum absolute atomic E-state index is 0.0104. The van der Waals surface area contributed by atoms with Crippen molar-refractivity contribution in [3.8, 4) is 0 Å². The topological polar surface area (TPSA) is 52.7 Å². The molecule has 6 heteroatoms. The van der Waals surface area contributed by atoms with Gasteiger partial charge in [0.2, 0.25) is 5.91 Å². The number of hydrogen-bond donors (Lipinski definition) is 1. The number of nitrogens with zero attached hydrogens (tertiary/aromatic N) is 2. The number of piperidine rings is 2. The van der Waals surface area contributed by atoms with Crippen LogP contribution >= 0.6 is 11.6 Å². The lowest BCUT2D eigenvalue weighted by atomic mass is 9.79. The van der Waals surface area contributed by atoms with Crippen LogP contribution in [-0.2, 0) is 4.79 Å². The van der Waals surface area contributed by atoms with Crippen LogP contribution in [0.1, 0.15) is 74.6 Å². The smallest absolute Gasteiger partial charge is 0.253 e. The Morgan fingerprint density at radius 3 is 2.16 bits per heavy atom. The van der Waals surface area contributed by atoms with Crippen LogP contribution in [0.5, 0.6) is 0 Å². The highest BCUT2D eigenvalue weighted by molar-refractivity contribution is 6.30. The molecule has 0 unspecified atom stereocenters. The van der Waals surface area contributed by atoms with E-state index < -0.39 is 0 Å². The molecule has 31 heavy (non-hydrogen) atoms. The highest BCUT2D eigenvalue weighted by Crippen LogP contribution is 2.35. The highest BCUT2D eigenvalue weighted by atomic mass is 35.5. The van der Waals surface area contributed by atoms with Crippen LogP contribution in [0.3, 0.4) is 0 Å². The number of likely N-dealkylation sites (tertiary alicyclic amines) is 2. The highest BCUT2D eigenvalue weighted by Gasteiger charge is 2.39. The molecular weight excluding hydrogens is 410 g/mol. The van der Waals surface area contributed by atoms with Crippen LogP contribution in [-0.4, -0.2) is 59.9 Å². The zero-order valence-corrected chi connectivity index (χ0v) is 19.3. The van der Waals surface area contributed by atoms with E-state index in [0.29, 0.717) is 23.7 Å². The zero-order chi connectivity index (χ0) is 21.7. The second-order valence-electron chi connectivity index (χ2n) is 9.62. The van der Waals surface area contributed by atoms with Crippen molar-refractivity contribution in [3.63, 3.8) is 0 Å². The Kier molecular flexibility index (Phi) is 7.55. The van der Waals surface area contributed by atoms with Gasteiger partial charge in [-0.25, -0.2) is 0 Å². The van der Waals surface area contributed by atoms with Gasteiger partial charge in [0, 0.05) is 41.7 Å². The molecule has 0 bridgehead atoms. The van der Waals surface area contributed by atoms with Crippen molar-refractivity contribution < 1.29 is 9.59 Å². The SMILES string of the molecule is O=C(NCC1(N2CCCCC2)CCCCC1)C1CCN(C(=O)c2ccc(Cl)cc2)CC1. The number of hydrogen-bond acceptors (Lipinski definition) is 3. The minimum atomic E-state index is 0.0104. The summed E-state index contributed by atoms with van der Waals surface area (Å²) < 4.78 is 0. The van der Waals surface area contributed by atoms with Crippen molar-refractivity contribution in [1.82, 2.24) is 15.1 Å². The van der Waals surface area contributed by atoms with E-state index in [1.807, 2.05) is 4.90 Å². The molecule has 1 aromatic rings. The Morgan fingerprint density at radius 2 is 1.52 bits per heavy atom. The fourth-order valence-electron chi connectivity index (χ4n) is 5.70. The number of nitrogens with one attached hydrogen (secondary N) is 1. The van der Waals surface area contributed by atoms with Crippen LogP contribution < -0.4 is 5.32 Å². The summed E-state index contributed by atoms with van der Waals surface area (Å²) in [5.74, 6) is 0.221. The Bertz CT molecular complexity index is 747. The first-order valence-electron chi connectivity index (χ1n) is 12.2. The monoisotopic (exact) mass is 445 g/mol. The van der Waals surface area contributed by atoms with Gasteiger partial charge in [0.1, 0.15) is 0 Å². The molecular formula is C25H36ClN3O2. The summed E-state index contributed by atoms with van der Waals surface area (Å²) in [5, 5.41) is 3.98. The molecule has 2 amide bonds. The van der Waals surface area contributed by atoms with E-state index in [2.05, 4.69) is 10.2 Å². The fourth-order valence-corrected chi connectivity index (χ4v) is 5.82. The molecule has 2 saturated heterocycles. The van der Waals surface area contributed by atoms with Crippen molar-refractivity contribution in [2.75, 3.05) is 32.7 Å². The van der Waals surface area contributed by atoms with E-state index in [1.54, 1.807) is 24.3 Å². The Hall–Kier alpha value is -1.59. The Morgan fingerprint density at radius 1 is 0.903 bits per heavy atom. The molecule has 0 aromatic heterocycles. The van der Waals surface area contributed by atoms with Crippen LogP contribution in [0.4, 0.5) is 0 Å². The average molecular weight is 446 g/mol. The maximum atomic E-state index is 13.0. The maximum Gasteiger partial charge on any atom is 0.253 e. The zero-order valence-electron chi connectivity index (χ0n) is 18.6. The molecule has 0 radical (unpaired) electrons. The summed E-state index contributed by atoms with van der Waals surface area (Å²) in [7, 11) is 0. The average Bonchev–Trinajstić information content (AvgIpc) is 2.84. The van der Waals surface area contributed by atoms with Gasteiger partial charge in [-0.2, -0.15) is 0 Å². The first-order chi connectivity index (χ1) is 15.1. The van der Waals surface area contributed by atoms with Crippen LogP contribution in [0.25, 0.3) is 0 Å². The molecule has 0 atom stereocenters. The summed E-state index contributed by atoms with van der Waals surface area (Å²) in [6, 6.07) is 7.04. The molecule has 1 N–H and O–H groups in total. The Balaban J connectivity index is 1.29. The van der Waals surface area contributed by atoms with E-state index in [1.165, 1.54) is 64.5 Å². The van der Waals surface area contributed by atoms with Gasteiger partial charge in [-0.3, -0.25) is 14.5 Å². The predicted molar refractivity (Wildman–Crippen MR) is 124 cm³/mol. The number of halogens is 1. The minimum Gasteiger partial charge on any atom is -0.354 e. The Labute approximate surface area is 191 Å². The molecule has 2 aliphatic heterocycles. The number of benzene rings is 1. The number of carbonyl (C=O) groups excluding carboxylic acids is 2. The van der Waals surface area contributed by atoms with Crippen molar-refractivity contribution in [2.24, 2.45) is 5.92 Å². The molecule has 1 aromatic carbocycles. The van der Waals surface area contributed by atoms with Crippen LogP contribution in [0, 0.1) is 5.92 Å². The third-order valence-corrected chi connectivity index (χ3v) is 7.90. The van der Waals surface area contributed by atoms with E-state index in [9.17, 15) is 9.59 Å². The first-order valence-corrected chi connectivity index (χ1v) is 12.5. The van der Waals surface area contributed by atoms with E-state index in [4.69, 9.17) is 11.6 Å². The second-order valence-corrected chi connectivity index (χ2v) is 10.1. The van der Waals surface area contributed by atoms with Gasteiger partial charge in [-0.05, 0) is 75.9 Å². The quantitative estimate of drug-likeness (QED) is 0.726. The van der Waals surface area contributed by atoms with Crippen LogP contribution in [0.2, 0.25) is 5.02 Å². The summed E-state index contributed by atoms with van der Waals surface area (Å²) in [6.45, 7) is 4.42. The largest absolute Gasteiger partial charge is 0.354 e. The standard InChI is InChI=1S/C25H36ClN3O2/c26-22-9-7-21(8-10-22)24(31)28-17-11-20(12-18-28)23(30)27-19-25(13-3-1-4-14-25)29-15-5-2-6-16-29/h7-10,20H,1-6,11-19H2,(H,27,30). The van der Waals surface area contributed by atoms with Crippen molar-refractivity contribution >= 4 is 23.4 Å². The molecule has 3 fully saturated rings. The van der Waals surface area contributed by atoms with Gasteiger partial charge in [0.05, 0.1) is 0 Å². The second kappa shape index (κ2) is 10.4. The normalized spacial score (nSPS) is 22.8. The van der Waals surface area contributed by atoms with Gasteiger partial charge in [0.25, 0.3) is 5.91 Å². The first kappa shape index (κ1) is 22.6. The molecule has 1 aliphatic carbocycles. The van der Waals surface area contributed by atoms with Gasteiger partial charge >= 0.3 is 0 Å². The third-order valence-electron chi connectivity index (χ3n) is 7.65. The summed E-state index contributed by atoms with van der Waals surface area (Å²) in [5.41, 5.74) is 0.827. The fraction of sp³-hybridized carbons (Fsp3) is 0.680. The number of rotatable bonds is 5. The molecule has 2 heterocycles. The predicted octanol–water partition coefficient (Wildman–Crippen LogP) is 4.50. The van der Waals surface area contributed by atoms with Crippen LogP contribution in [0.15, 0.2) is 24.3 Å². The molecule has 4 rings (SSSR count). The summed E-state index contributed by atoms with van der Waals surface area (Å²) >= 11 is 5.93. The summed E-state index contributed by atoms with van der Waals surface area (Å²) in [4.78, 5) is 30.3. The third kappa shape index (κ3) is 5.43. The van der Waals surface area contributed by atoms with Crippen molar-refractivity contribution in [1.29, 1.82) is 0 Å². The molecule has 170 valence electrons. The molecule has 1 saturated carbocycles.